The molecule has 5 rings (SSSR count). The normalized spacial score (nSPS) is 21.5. The Bertz CT molecular complexity index is 1270. The quantitative estimate of drug-likeness (QED) is 0.360. The van der Waals surface area contributed by atoms with Gasteiger partial charge in [0.15, 0.2) is 5.75 Å². The molecule has 0 saturated carbocycles. The van der Waals surface area contributed by atoms with Crippen LogP contribution in [0.15, 0.2) is 65.7 Å². The first kappa shape index (κ1) is 21.0. The predicted molar refractivity (Wildman–Crippen MR) is 126 cm³/mol. The zero-order valence-electron chi connectivity index (χ0n) is 17.6. The largest absolute Gasteiger partial charge is 0.500 e. The lowest BCUT2D eigenvalue weighted by molar-refractivity contribution is -0.386. The summed E-state index contributed by atoms with van der Waals surface area (Å²) in [5.41, 5.74) is 2.35. The van der Waals surface area contributed by atoms with Gasteiger partial charge in [0.05, 0.1) is 35.4 Å². The summed E-state index contributed by atoms with van der Waals surface area (Å²) in [4.78, 5) is 25.6. The lowest BCUT2D eigenvalue weighted by Gasteiger charge is -2.32. The lowest BCUT2D eigenvalue weighted by Crippen LogP contribution is -2.33. The first-order valence-electron chi connectivity index (χ1n) is 10.4. The van der Waals surface area contributed by atoms with Crippen LogP contribution in [0.4, 0.5) is 17.1 Å². The number of hydrogen-bond donors (Lipinski definition) is 3. The average Bonchev–Trinajstić information content (AvgIpc) is 3.28. The second-order valence-corrected chi connectivity index (χ2v) is 9.01. The molecule has 168 valence electrons. The molecule has 3 unspecified atom stereocenters. The number of methoxy groups -OCH3 is 1. The van der Waals surface area contributed by atoms with Crippen LogP contribution in [0.25, 0.3) is 0 Å². The highest BCUT2D eigenvalue weighted by atomic mass is 32.1. The maximum atomic E-state index is 13.5. The van der Waals surface area contributed by atoms with Crippen LogP contribution in [0.1, 0.15) is 28.8 Å². The number of fused-ring (bicyclic) bond motifs is 2. The van der Waals surface area contributed by atoms with Crippen LogP contribution in [0, 0.1) is 16.0 Å². The summed E-state index contributed by atoms with van der Waals surface area (Å²) in [7, 11) is 1.34. The average molecular weight is 464 g/mol. The van der Waals surface area contributed by atoms with E-state index in [2.05, 4.69) is 16.7 Å². The van der Waals surface area contributed by atoms with Crippen molar-refractivity contribution in [3.05, 3.63) is 86.2 Å². The Morgan fingerprint density at radius 3 is 2.67 bits per heavy atom. The maximum Gasteiger partial charge on any atom is 0.315 e. The highest BCUT2D eigenvalue weighted by Crippen LogP contribution is 2.47. The van der Waals surface area contributed by atoms with Crippen LogP contribution in [-0.4, -0.2) is 22.9 Å². The lowest BCUT2D eigenvalue weighted by atomic mass is 9.78. The molecule has 0 bridgehead atoms. The fourth-order valence-corrected chi connectivity index (χ4v) is 5.35. The number of Topliss-reactive ketones (excluding diaryl/α,β-unsaturated/α-hetero) is 1. The summed E-state index contributed by atoms with van der Waals surface area (Å²) in [5, 5.41) is 30.7. The van der Waals surface area contributed by atoms with Crippen LogP contribution in [0.5, 0.6) is 11.5 Å². The Labute approximate surface area is 193 Å². The van der Waals surface area contributed by atoms with E-state index in [0.717, 1.165) is 21.9 Å². The van der Waals surface area contributed by atoms with Crippen LogP contribution in [-0.2, 0) is 4.79 Å². The second kappa shape index (κ2) is 8.25. The molecule has 0 spiro atoms. The van der Waals surface area contributed by atoms with E-state index in [0.29, 0.717) is 12.0 Å². The minimum Gasteiger partial charge on any atom is -0.500 e. The molecule has 3 N–H and O–H groups in total. The number of carbonyl (C=O) groups is 1. The van der Waals surface area contributed by atoms with E-state index in [9.17, 15) is 20.0 Å². The van der Waals surface area contributed by atoms with Crippen molar-refractivity contribution in [2.45, 2.75) is 18.4 Å². The van der Waals surface area contributed by atoms with E-state index in [1.807, 2.05) is 41.8 Å². The Morgan fingerprint density at radius 1 is 1.18 bits per heavy atom. The first-order chi connectivity index (χ1) is 16.0. The summed E-state index contributed by atoms with van der Waals surface area (Å²) in [6.07, 6.45) is 2.42. The van der Waals surface area contributed by atoms with Crippen LogP contribution in [0.2, 0.25) is 0 Å². The number of allylic oxidation sites excluding steroid dienone is 1. The van der Waals surface area contributed by atoms with Gasteiger partial charge in [0.1, 0.15) is 5.78 Å². The van der Waals surface area contributed by atoms with E-state index in [1.54, 1.807) is 17.4 Å². The number of nitro benzene ring substituents is 1. The number of nitrogens with zero attached hydrogens (tertiary/aromatic N) is 1. The number of ketones is 1. The van der Waals surface area contributed by atoms with Gasteiger partial charge in [0.2, 0.25) is 5.75 Å². The summed E-state index contributed by atoms with van der Waals surface area (Å²) in [5.74, 6) is -1.16. The molecule has 33 heavy (non-hydrogen) atoms. The summed E-state index contributed by atoms with van der Waals surface area (Å²) in [6.45, 7) is 0. The van der Waals surface area contributed by atoms with Gasteiger partial charge in [-0.2, -0.15) is 0 Å². The molecule has 0 fully saturated rings. The molecule has 1 aromatic heterocycles. The molecule has 9 heteroatoms. The number of benzene rings is 2. The van der Waals surface area contributed by atoms with Crippen molar-refractivity contribution in [1.82, 2.24) is 0 Å². The number of nitrogens with one attached hydrogen (secondary N) is 2. The van der Waals surface area contributed by atoms with Crippen molar-refractivity contribution in [3.63, 3.8) is 0 Å². The maximum absolute atomic E-state index is 13.5. The number of phenols is 1. The highest BCUT2D eigenvalue weighted by Gasteiger charge is 2.41. The summed E-state index contributed by atoms with van der Waals surface area (Å²) >= 11 is 1.61. The van der Waals surface area contributed by atoms with E-state index in [4.69, 9.17) is 4.74 Å². The number of hydrogen-bond acceptors (Lipinski definition) is 8. The third-order valence-electron chi connectivity index (χ3n) is 6.10. The number of rotatable bonds is 4. The molecule has 1 aliphatic carbocycles. The topological polar surface area (TPSA) is 114 Å². The van der Waals surface area contributed by atoms with Crippen molar-refractivity contribution in [3.8, 4) is 11.5 Å². The van der Waals surface area contributed by atoms with Crippen molar-refractivity contribution in [1.29, 1.82) is 0 Å². The van der Waals surface area contributed by atoms with Gasteiger partial charge in [-0.05, 0) is 35.2 Å². The van der Waals surface area contributed by atoms with E-state index >= 15 is 0 Å². The van der Waals surface area contributed by atoms with Crippen molar-refractivity contribution in [2.24, 2.45) is 5.92 Å². The standard InChI is InChI=1S/C24H21N3O5S/c1-32-20-12-14(10-18(24(20)29)27(30)31)23-22-17(25-15-5-2-3-6-16(15)26-23)9-13(11-19(22)28)21-7-4-8-33-21/h2-10,12-13,22-23,25-26,29H,11H2,1H3. The van der Waals surface area contributed by atoms with E-state index in [-0.39, 0.29) is 17.5 Å². The molecule has 1 aliphatic heterocycles. The molecule has 8 nitrogen and oxygen atoms in total. The van der Waals surface area contributed by atoms with Crippen LogP contribution < -0.4 is 15.4 Å². The third kappa shape index (κ3) is 3.70. The number of phenolic OH excluding ortho intramolecular Hbond substituents is 1. The number of thiophene rings is 1. The molecule has 2 heterocycles. The Morgan fingerprint density at radius 2 is 1.97 bits per heavy atom. The number of ether oxygens (including phenoxy) is 1. The number of carbonyl (C=O) groups excluding carboxylic acids is 1. The van der Waals surface area contributed by atoms with Crippen molar-refractivity contribution < 1.29 is 19.6 Å². The highest BCUT2D eigenvalue weighted by molar-refractivity contribution is 7.10. The fourth-order valence-electron chi connectivity index (χ4n) is 4.55. The number of aromatic hydroxyl groups is 1. The molecule has 3 atom stereocenters. The molecule has 2 aromatic carbocycles. The fraction of sp³-hybridized carbons (Fsp3) is 0.208. The van der Waals surface area contributed by atoms with E-state index < -0.39 is 28.3 Å². The van der Waals surface area contributed by atoms with Gasteiger partial charge in [-0.1, -0.05) is 24.3 Å². The molecule has 0 saturated heterocycles. The van der Waals surface area contributed by atoms with E-state index in [1.165, 1.54) is 13.2 Å². The smallest absolute Gasteiger partial charge is 0.315 e. The van der Waals surface area contributed by atoms with Crippen LogP contribution >= 0.6 is 11.3 Å². The molecule has 0 radical (unpaired) electrons. The zero-order valence-corrected chi connectivity index (χ0v) is 18.5. The SMILES string of the molecule is COc1cc(C2Nc3ccccc3NC3=CC(c4cccs4)CC(=O)C32)cc([N+](=O)[O-])c1O. The van der Waals surface area contributed by atoms with Gasteiger partial charge >= 0.3 is 5.69 Å². The zero-order chi connectivity index (χ0) is 23.1. The number of anilines is 2. The van der Waals surface area contributed by atoms with Gasteiger partial charge in [-0.15, -0.1) is 11.3 Å². The predicted octanol–water partition coefficient (Wildman–Crippen LogP) is 5.21. The Hall–Kier alpha value is -3.85. The number of para-hydroxylation sites is 2. The van der Waals surface area contributed by atoms with Crippen molar-refractivity contribution in [2.75, 3.05) is 17.7 Å². The second-order valence-electron chi connectivity index (χ2n) is 8.03. The minimum absolute atomic E-state index is 0.0169. The molecule has 3 aromatic rings. The number of nitro groups is 1. The Kier molecular flexibility index (Phi) is 5.26. The van der Waals surface area contributed by atoms with Crippen molar-refractivity contribution >= 4 is 34.2 Å². The Balaban J connectivity index is 1.68. The van der Waals surface area contributed by atoms with Gasteiger partial charge < -0.3 is 20.5 Å². The molecular weight excluding hydrogens is 442 g/mol. The van der Waals surface area contributed by atoms with Crippen LogP contribution in [0.3, 0.4) is 0 Å². The monoisotopic (exact) mass is 463 g/mol. The minimum atomic E-state index is -0.656. The van der Waals surface area contributed by atoms with Gasteiger partial charge in [0.25, 0.3) is 0 Å². The van der Waals surface area contributed by atoms with Gasteiger partial charge in [0, 0.05) is 29.0 Å². The third-order valence-corrected chi connectivity index (χ3v) is 7.10. The molecular formula is C24H21N3O5S. The van der Waals surface area contributed by atoms with Gasteiger partial charge in [-0.25, -0.2) is 0 Å². The summed E-state index contributed by atoms with van der Waals surface area (Å²) < 4.78 is 5.20. The first-order valence-corrected chi connectivity index (χ1v) is 11.3. The van der Waals surface area contributed by atoms with Gasteiger partial charge in [-0.3, -0.25) is 14.9 Å². The molecule has 0 amide bonds. The summed E-state index contributed by atoms with van der Waals surface area (Å²) in [6, 6.07) is 13.8. The molecule has 2 aliphatic rings.